The second-order valence-electron chi connectivity index (χ2n) is 6.85. The van der Waals surface area contributed by atoms with Gasteiger partial charge in [-0.1, -0.05) is 19.1 Å². The molecule has 2 aromatic carbocycles. The number of ether oxygens (including phenoxy) is 2. The molecule has 3 rings (SSSR count). The van der Waals surface area contributed by atoms with Gasteiger partial charge in [-0.2, -0.15) is 9.78 Å². The van der Waals surface area contributed by atoms with E-state index in [1.54, 1.807) is 19.1 Å². The van der Waals surface area contributed by atoms with Gasteiger partial charge in [-0.3, -0.25) is 14.2 Å². The summed E-state index contributed by atoms with van der Waals surface area (Å²) in [6, 6.07) is 10.2. The number of rotatable bonds is 8. The van der Waals surface area contributed by atoms with Gasteiger partial charge in [-0.05, 0) is 36.2 Å². The van der Waals surface area contributed by atoms with Gasteiger partial charge in [0.1, 0.15) is 5.82 Å². The normalized spacial score (nSPS) is 10.6. The zero-order valence-corrected chi connectivity index (χ0v) is 17.9. The first kappa shape index (κ1) is 22.7. The van der Waals surface area contributed by atoms with E-state index in [-0.39, 0.29) is 13.1 Å². The molecule has 0 fully saturated rings. The zero-order chi connectivity index (χ0) is 23.3. The number of halogens is 1. The highest BCUT2D eigenvalue weighted by molar-refractivity contribution is 5.91. The van der Waals surface area contributed by atoms with Crippen LogP contribution < -0.4 is 26.0 Å². The summed E-state index contributed by atoms with van der Waals surface area (Å²) < 4.78 is 25.5. The van der Waals surface area contributed by atoms with Gasteiger partial charge in [0.25, 0.3) is 11.5 Å². The zero-order valence-electron chi connectivity index (χ0n) is 17.9. The second-order valence-corrected chi connectivity index (χ2v) is 6.85. The maximum absolute atomic E-state index is 13.1. The molecule has 0 aliphatic heterocycles. The van der Waals surface area contributed by atoms with E-state index in [1.165, 1.54) is 44.6 Å². The minimum Gasteiger partial charge on any atom is -0.493 e. The van der Waals surface area contributed by atoms with Crippen molar-refractivity contribution in [2.75, 3.05) is 14.2 Å². The predicted molar refractivity (Wildman–Crippen MR) is 115 cm³/mol. The lowest BCUT2D eigenvalue weighted by atomic mass is 10.2. The molecule has 0 bridgehead atoms. The van der Waals surface area contributed by atoms with Gasteiger partial charge in [0.15, 0.2) is 11.5 Å². The Morgan fingerprint density at radius 2 is 1.75 bits per heavy atom. The summed E-state index contributed by atoms with van der Waals surface area (Å²) in [6.45, 7) is 1.98. The number of hydrogen-bond acceptors (Lipinski definition) is 6. The molecule has 1 aromatic heterocycles. The highest BCUT2D eigenvalue weighted by atomic mass is 19.1. The molecule has 0 aliphatic carbocycles. The summed E-state index contributed by atoms with van der Waals surface area (Å²) in [7, 11) is 2.93. The average Bonchev–Trinajstić information content (AvgIpc) is 2.81. The lowest BCUT2D eigenvalue weighted by Crippen LogP contribution is -2.45. The molecule has 168 valence electrons. The highest BCUT2D eigenvalue weighted by Gasteiger charge is 2.20. The lowest BCUT2D eigenvalue weighted by molar-refractivity contribution is 0.0941. The van der Waals surface area contributed by atoms with Crippen molar-refractivity contribution >= 4 is 5.91 Å². The number of carbonyl (C=O) groups is 1. The van der Waals surface area contributed by atoms with Gasteiger partial charge >= 0.3 is 5.69 Å². The molecule has 0 atom stereocenters. The van der Waals surface area contributed by atoms with Crippen molar-refractivity contribution in [2.45, 2.75) is 26.4 Å². The van der Waals surface area contributed by atoms with E-state index in [4.69, 9.17) is 9.47 Å². The molecule has 0 saturated heterocycles. The number of methoxy groups -OCH3 is 2. The molecule has 1 heterocycles. The van der Waals surface area contributed by atoms with Crippen molar-refractivity contribution in [2.24, 2.45) is 0 Å². The molecule has 1 amide bonds. The van der Waals surface area contributed by atoms with Gasteiger partial charge < -0.3 is 14.8 Å². The van der Waals surface area contributed by atoms with Crippen LogP contribution in [0.3, 0.4) is 0 Å². The van der Waals surface area contributed by atoms with Gasteiger partial charge in [0.05, 0.1) is 19.9 Å². The van der Waals surface area contributed by atoms with Crippen LogP contribution in [0.5, 0.6) is 11.5 Å². The highest BCUT2D eigenvalue weighted by Crippen LogP contribution is 2.28. The Morgan fingerprint density at radius 1 is 1.06 bits per heavy atom. The van der Waals surface area contributed by atoms with Crippen LogP contribution in [0.2, 0.25) is 0 Å². The number of aromatic nitrogens is 3. The van der Waals surface area contributed by atoms with Crippen molar-refractivity contribution in [3.05, 3.63) is 80.4 Å². The van der Waals surface area contributed by atoms with E-state index >= 15 is 0 Å². The maximum Gasteiger partial charge on any atom is 0.352 e. The van der Waals surface area contributed by atoms with E-state index in [0.29, 0.717) is 29.2 Å². The smallest absolute Gasteiger partial charge is 0.352 e. The third-order valence-electron chi connectivity index (χ3n) is 4.70. The number of nitrogens with zero attached hydrogens (tertiary/aromatic N) is 3. The fraction of sp³-hybridized carbons (Fsp3) is 0.273. The third-order valence-corrected chi connectivity index (χ3v) is 4.70. The third kappa shape index (κ3) is 4.69. The van der Waals surface area contributed by atoms with Crippen molar-refractivity contribution in [3.63, 3.8) is 0 Å². The Labute approximate surface area is 183 Å². The van der Waals surface area contributed by atoms with Crippen LogP contribution in [0.25, 0.3) is 5.69 Å². The summed E-state index contributed by atoms with van der Waals surface area (Å²) in [5.41, 5.74) is -0.966. The Morgan fingerprint density at radius 3 is 2.38 bits per heavy atom. The lowest BCUT2D eigenvalue weighted by Gasteiger charge is -2.13. The Balaban J connectivity index is 2.04. The number of carbonyl (C=O) groups excluding carboxylic acids is 1. The summed E-state index contributed by atoms with van der Waals surface area (Å²) in [5.74, 6) is -0.345. The average molecular weight is 442 g/mol. The van der Waals surface area contributed by atoms with Crippen LogP contribution >= 0.6 is 0 Å². The molecule has 0 radical (unpaired) electrons. The molecule has 9 nitrogen and oxygen atoms in total. The van der Waals surface area contributed by atoms with E-state index in [0.717, 1.165) is 9.25 Å². The minimum absolute atomic E-state index is 0.0590. The predicted octanol–water partition coefficient (Wildman–Crippen LogP) is 1.89. The molecule has 0 saturated carbocycles. The Hall–Kier alpha value is -3.95. The Bertz CT molecular complexity index is 1230. The van der Waals surface area contributed by atoms with Crippen LogP contribution in [0, 0.1) is 5.82 Å². The van der Waals surface area contributed by atoms with E-state index < -0.39 is 28.7 Å². The van der Waals surface area contributed by atoms with Crippen LogP contribution in [0.1, 0.15) is 29.4 Å². The first-order valence-corrected chi connectivity index (χ1v) is 9.88. The van der Waals surface area contributed by atoms with E-state index in [1.807, 2.05) is 0 Å². The summed E-state index contributed by atoms with van der Waals surface area (Å²) >= 11 is 0. The summed E-state index contributed by atoms with van der Waals surface area (Å²) in [5, 5.41) is 6.63. The monoisotopic (exact) mass is 442 g/mol. The molecule has 0 unspecified atom stereocenters. The molecular weight excluding hydrogens is 419 g/mol. The van der Waals surface area contributed by atoms with E-state index in [9.17, 15) is 18.8 Å². The molecule has 0 spiro atoms. The quantitative estimate of drug-likeness (QED) is 0.571. The largest absolute Gasteiger partial charge is 0.493 e. The summed E-state index contributed by atoms with van der Waals surface area (Å²) in [6.07, 6.45) is 0.502. The summed E-state index contributed by atoms with van der Waals surface area (Å²) in [4.78, 5) is 38.5. The van der Waals surface area contributed by atoms with Crippen LogP contribution in [0.4, 0.5) is 4.39 Å². The van der Waals surface area contributed by atoms with Crippen molar-refractivity contribution < 1.29 is 18.7 Å². The van der Waals surface area contributed by atoms with Gasteiger partial charge in [0.2, 0.25) is 5.69 Å². The number of amides is 1. The first-order valence-electron chi connectivity index (χ1n) is 9.88. The standard InChI is InChI=1S/C22H23FN4O5/c1-4-11-26-21(29)19(20(28)24-13-14-5-7-15(23)8-6-14)25-27(22(26)30)16-9-10-17(31-2)18(12-16)32-3/h5-10,12H,4,11,13H2,1-3H3,(H,24,28). The van der Waals surface area contributed by atoms with Gasteiger partial charge in [-0.25, -0.2) is 9.18 Å². The molecular formula is C22H23FN4O5. The molecule has 0 aliphatic rings. The Kier molecular flexibility index (Phi) is 7.04. The van der Waals surface area contributed by atoms with Crippen molar-refractivity contribution in [1.29, 1.82) is 0 Å². The first-order chi connectivity index (χ1) is 15.4. The number of benzene rings is 2. The SMILES string of the molecule is CCCn1c(=O)c(C(=O)NCc2ccc(F)cc2)nn(-c2ccc(OC)c(OC)c2)c1=O. The maximum atomic E-state index is 13.1. The van der Waals surface area contributed by atoms with Crippen LogP contribution in [-0.4, -0.2) is 34.5 Å². The van der Waals surface area contributed by atoms with Crippen molar-refractivity contribution in [3.8, 4) is 17.2 Å². The van der Waals surface area contributed by atoms with Crippen molar-refractivity contribution in [1.82, 2.24) is 19.7 Å². The fourth-order valence-electron chi connectivity index (χ4n) is 3.07. The topological polar surface area (TPSA) is 104 Å². The minimum atomic E-state index is -0.787. The number of hydrogen-bond donors (Lipinski definition) is 1. The molecule has 32 heavy (non-hydrogen) atoms. The fourth-order valence-corrected chi connectivity index (χ4v) is 3.07. The van der Waals surface area contributed by atoms with Gasteiger partial charge in [-0.15, -0.1) is 0 Å². The molecule has 10 heteroatoms. The molecule has 1 N–H and O–H groups in total. The van der Waals surface area contributed by atoms with E-state index in [2.05, 4.69) is 10.4 Å². The van der Waals surface area contributed by atoms with Gasteiger partial charge in [0, 0.05) is 19.2 Å². The van der Waals surface area contributed by atoms with Crippen LogP contribution in [0.15, 0.2) is 52.1 Å². The molecule has 3 aromatic rings. The van der Waals surface area contributed by atoms with Crippen LogP contribution in [-0.2, 0) is 13.1 Å². The number of nitrogens with one attached hydrogen (secondary N) is 1. The second kappa shape index (κ2) is 9.90.